The number of imidazole rings is 1. The molecule has 0 fully saturated rings. The van der Waals surface area contributed by atoms with Gasteiger partial charge in [0.1, 0.15) is 11.5 Å². The van der Waals surface area contributed by atoms with Crippen LogP contribution >= 0.6 is 0 Å². The zero-order valence-corrected chi connectivity index (χ0v) is 20.6. The summed E-state index contributed by atoms with van der Waals surface area (Å²) in [6.45, 7) is 3.86. The van der Waals surface area contributed by atoms with E-state index in [0.717, 1.165) is 33.6 Å². The lowest BCUT2D eigenvalue weighted by Crippen LogP contribution is -2.10. The number of aliphatic carboxylic acids is 1. The van der Waals surface area contributed by atoms with Crippen molar-refractivity contribution in [2.45, 2.75) is 30.9 Å². The fourth-order valence-corrected chi connectivity index (χ4v) is 4.48. The molecule has 35 heavy (non-hydrogen) atoms. The molecule has 0 aliphatic rings. The van der Waals surface area contributed by atoms with Gasteiger partial charge in [-0.25, -0.2) is 4.79 Å². The van der Waals surface area contributed by atoms with E-state index in [4.69, 9.17) is 19.7 Å². The lowest BCUT2D eigenvalue weighted by atomic mass is 10.1. The molecule has 2 aromatic carbocycles. The van der Waals surface area contributed by atoms with Gasteiger partial charge in [-0.3, -0.25) is 9.97 Å². The van der Waals surface area contributed by atoms with Crippen LogP contribution < -0.4 is 9.47 Å². The number of carbonyl (C=O) groups is 1. The Morgan fingerprint density at radius 1 is 1.14 bits per heavy atom. The lowest BCUT2D eigenvalue weighted by molar-refractivity contribution is -0.146. The summed E-state index contributed by atoms with van der Waals surface area (Å²) in [7, 11) is 3.23. The molecule has 0 saturated carbocycles. The van der Waals surface area contributed by atoms with Crippen LogP contribution in [0.4, 0.5) is 0 Å². The van der Waals surface area contributed by atoms with Crippen molar-refractivity contribution < 1.29 is 29.0 Å². The number of pyridine rings is 1. The molecule has 2 unspecified atom stereocenters. The highest BCUT2D eigenvalue weighted by Gasteiger charge is 2.21. The van der Waals surface area contributed by atoms with Crippen LogP contribution in [0.15, 0.2) is 59.9 Å². The molecule has 9 nitrogen and oxygen atoms in total. The number of fused-ring (bicyclic) bond motifs is 1. The summed E-state index contributed by atoms with van der Waals surface area (Å²) in [6, 6.07) is 13.8. The van der Waals surface area contributed by atoms with Crippen LogP contribution in [-0.4, -0.2) is 49.9 Å². The molecular weight excluding hydrogens is 470 g/mol. The number of rotatable bonds is 7. The minimum Gasteiger partial charge on any atom is -0.609 e. The monoisotopic (exact) mass is 497 g/mol. The summed E-state index contributed by atoms with van der Waals surface area (Å²) in [5.74, 6) is 0.550. The fourth-order valence-electron chi connectivity index (χ4n) is 3.38. The summed E-state index contributed by atoms with van der Waals surface area (Å²) in [4.78, 5) is 22.2. The van der Waals surface area contributed by atoms with E-state index in [2.05, 4.69) is 15.0 Å². The minimum atomic E-state index is -1.41. The maximum atomic E-state index is 12.7. The molecule has 2 aromatic heterocycles. The van der Waals surface area contributed by atoms with Gasteiger partial charge in [0.2, 0.25) is 0 Å². The Morgan fingerprint density at radius 2 is 1.86 bits per heavy atom. The van der Waals surface area contributed by atoms with E-state index in [9.17, 15) is 9.35 Å². The summed E-state index contributed by atoms with van der Waals surface area (Å²) in [6.07, 6.45) is 0.332. The lowest BCUT2D eigenvalue weighted by Gasteiger charge is -2.13. The molecule has 0 aliphatic carbocycles. The number of ether oxygens (including phenoxy) is 2. The topological polar surface area (TPSA) is 141 Å². The Labute approximate surface area is 206 Å². The van der Waals surface area contributed by atoms with Crippen LogP contribution in [0.3, 0.4) is 0 Å². The normalized spacial score (nSPS) is 12.4. The number of benzene rings is 2. The van der Waals surface area contributed by atoms with E-state index < -0.39 is 23.2 Å². The Hall–Kier alpha value is -3.60. The number of aryl methyl sites for hydroxylation is 1. The van der Waals surface area contributed by atoms with Crippen LogP contribution in [0, 0.1) is 13.8 Å². The van der Waals surface area contributed by atoms with E-state index in [-0.39, 0.29) is 5.75 Å². The molecule has 3 N–H and O–H groups in total. The maximum Gasteiger partial charge on any atom is 0.337 e. The van der Waals surface area contributed by atoms with Gasteiger partial charge >= 0.3 is 11.1 Å². The average Bonchev–Trinajstić information content (AvgIpc) is 3.30. The van der Waals surface area contributed by atoms with E-state index in [0.29, 0.717) is 16.5 Å². The molecule has 0 saturated heterocycles. The van der Waals surface area contributed by atoms with Gasteiger partial charge in [0.15, 0.2) is 11.9 Å². The number of carboxylic acids is 1. The van der Waals surface area contributed by atoms with Crippen molar-refractivity contribution in [2.75, 3.05) is 14.2 Å². The van der Waals surface area contributed by atoms with Gasteiger partial charge < -0.3 is 24.2 Å². The Bertz CT molecular complexity index is 1300. The summed E-state index contributed by atoms with van der Waals surface area (Å²) in [5.41, 5.74) is 4.56. The van der Waals surface area contributed by atoms with E-state index in [1.54, 1.807) is 50.7 Å². The first-order chi connectivity index (χ1) is 16.7. The number of aliphatic hydroxyl groups is 1. The Kier molecular flexibility index (Phi) is 8.69. The average molecular weight is 498 g/mol. The third kappa shape index (κ3) is 6.30. The number of nitrogens with one attached hydrogen (secondary N) is 1. The molecule has 0 bridgehead atoms. The molecular formula is C25H27N3O6S. The first-order valence-corrected chi connectivity index (χ1v) is 11.9. The number of H-pyrrole nitrogens is 1. The standard InChI is InChI=1S/C17H19N3O3S.C8H8O3/c1-10-8-18-15(11(2)16(10)23-4)9-24(21)17-19-13-6-5-12(22-3)7-14(13)20-17;9-7(8(10)11)6-4-2-1-3-5-6/h5-8H,9H2,1-4H3,(H,19,20);1-5,7,9H,(H,10,11). The van der Waals surface area contributed by atoms with Crippen LogP contribution in [0.25, 0.3) is 11.0 Å². The van der Waals surface area contributed by atoms with Crippen LogP contribution in [0.2, 0.25) is 0 Å². The predicted octanol–water partition coefficient (Wildman–Crippen LogP) is 3.70. The Balaban J connectivity index is 0.000000261. The SMILES string of the molecule is COc1ccc2[nH]c([S+]([O-])Cc3ncc(C)c(OC)c3C)nc2c1.O=C(O)C(O)c1ccccc1. The van der Waals surface area contributed by atoms with Gasteiger partial charge in [-0.15, -0.1) is 0 Å². The number of nitrogens with zero attached hydrogens (tertiary/aromatic N) is 2. The largest absolute Gasteiger partial charge is 0.609 e. The number of methoxy groups -OCH3 is 2. The van der Waals surface area contributed by atoms with Crippen LogP contribution in [-0.2, 0) is 21.7 Å². The number of aromatic nitrogens is 3. The second-order valence-electron chi connectivity index (χ2n) is 7.61. The molecule has 2 atom stereocenters. The highest BCUT2D eigenvalue weighted by atomic mass is 32.2. The fraction of sp³-hybridized carbons (Fsp3) is 0.240. The molecule has 10 heteroatoms. The van der Waals surface area contributed by atoms with Crippen molar-refractivity contribution in [3.63, 3.8) is 0 Å². The number of aromatic amines is 1. The number of carboxylic acid groups (broad SMARTS) is 1. The van der Waals surface area contributed by atoms with Crippen molar-refractivity contribution in [2.24, 2.45) is 0 Å². The van der Waals surface area contributed by atoms with Gasteiger partial charge in [-0.2, -0.15) is 4.98 Å². The molecule has 4 aromatic rings. The molecule has 2 heterocycles. The first-order valence-electron chi connectivity index (χ1n) is 10.6. The molecule has 4 rings (SSSR count). The van der Waals surface area contributed by atoms with Crippen molar-refractivity contribution >= 4 is 28.2 Å². The zero-order chi connectivity index (χ0) is 25.5. The second-order valence-corrected chi connectivity index (χ2v) is 8.98. The van der Waals surface area contributed by atoms with E-state index >= 15 is 0 Å². The molecule has 0 radical (unpaired) electrons. The van der Waals surface area contributed by atoms with E-state index in [1.807, 2.05) is 32.0 Å². The highest BCUT2D eigenvalue weighted by molar-refractivity contribution is 7.90. The quantitative estimate of drug-likeness (QED) is 0.328. The maximum absolute atomic E-state index is 12.7. The summed E-state index contributed by atoms with van der Waals surface area (Å²) >= 11 is -1.33. The minimum absolute atomic E-state index is 0.277. The van der Waals surface area contributed by atoms with Crippen LogP contribution in [0.5, 0.6) is 11.5 Å². The van der Waals surface area contributed by atoms with Gasteiger partial charge in [-0.1, -0.05) is 30.3 Å². The first kappa shape index (κ1) is 26.0. The van der Waals surface area contributed by atoms with Gasteiger partial charge in [-0.05, 0) is 31.5 Å². The predicted molar refractivity (Wildman–Crippen MR) is 132 cm³/mol. The summed E-state index contributed by atoms with van der Waals surface area (Å²) < 4.78 is 23.3. The van der Waals surface area contributed by atoms with Gasteiger partial charge in [0, 0.05) is 34.6 Å². The van der Waals surface area contributed by atoms with Gasteiger partial charge in [0.25, 0.3) is 0 Å². The molecule has 0 amide bonds. The van der Waals surface area contributed by atoms with Crippen molar-refractivity contribution in [3.8, 4) is 11.5 Å². The number of hydrogen-bond donors (Lipinski definition) is 3. The van der Waals surface area contributed by atoms with Crippen LogP contribution in [0.1, 0.15) is 28.5 Å². The molecule has 0 spiro atoms. The molecule has 0 aliphatic heterocycles. The third-order valence-corrected chi connectivity index (χ3v) is 6.41. The van der Waals surface area contributed by atoms with Crippen molar-refractivity contribution in [3.05, 3.63) is 77.1 Å². The number of aliphatic hydroxyl groups excluding tert-OH is 1. The number of hydrogen-bond acceptors (Lipinski definition) is 7. The summed E-state index contributed by atoms with van der Waals surface area (Å²) in [5, 5.41) is 17.8. The third-order valence-electron chi connectivity index (χ3n) is 5.25. The second kappa shape index (κ2) is 11.7. The Morgan fingerprint density at radius 3 is 2.49 bits per heavy atom. The van der Waals surface area contributed by atoms with Crippen molar-refractivity contribution in [1.82, 2.24) is 15.0 Å². The van der Waals surface area contributed by atoms with Crippen molar-refractivity contribution in [1.29, 1.82) is 0 Å². The zero-order valence-electron chi connectivity index (χ0n) is 19.8. The van der Waals surface area contributed by atoms with Gasteiger partial charge in [0.05, 0.1) is 30.9 Å². The smallest absolute Gasteiger partial charge is 0.337 e. The highest BCUT2D eigenvalue weighted by Crippen LogP contribution is 2.27. The molecule has 184 valence electrons. The van der Waals surface area contributed by atoms with E-state index in [1.165, 1.54) is 0 Å².